The van der Waals surface area contributed by atoms with Crippen molar-refractivity contribution >= 4 is 11.6 Å². The number of hydrogen-bond acceptors (Lipinski definition) is 6. The van der Waals surface area contributed by atoms with E-state index in [9.17, 15) is 4.79 Å². The molecule has 4 heterocycles. The van der Waals surface area contributed by atoms with Crippen LogP contribution in [0.1, 0.15) is 28.2 Å². The summed E-state index contributed by atoms with van der Waals surface area (Å²) in [5.74, 6) is -0.0529. The van der Waals surface area contributed by atoms with Crippen LogP contribution < -0.4 is 0 Å². The van der Waals surface area contributed by atoms with E-state index in [0.717, 1.165) is 24.2 Å². The van der Waals surface area contributed by atoms with E-state index in [2.05, 4.69) is 20.1 Å². The first-order chi connectivity index (χ1) is 12.7. The number of carbonyl (C=O) groups is 1. The standard InChI is InChI=1S/C18H20N6O2/c1-13-16(20-7-6-19-13)4-3-14-12-26-10-9-23(14)18(25)15-11-22-24-8-2-5-21-17(15)24/h2,5-8,11,14H,3-4,9-10,12H2,1H3. The summed E-state index contributed by atoms with van der Waals surface area (Å²) in [6.45, 7) is 3.58. The van der Waals surface area contributed by atoms with Gasteiger partial charge in [0.25, 0.3) is 5.91 Å². The Morgan fingerprint density at radius 3 is 3.04 bits per heavy atom. The van der Waals surface area contributed by atoms with Crippen molar-refractivity contribution in [3.05, 3.63) is 54.0 Å². The maximum atomic E-state index is 13.1. The molecule has 0 bridgehead atoms. The monoisotopic (exact) mass is 352 g/mol. The number of amides is 1. The molecule has 8 nitrogen and oxygen atoms in total. The molecule has 0 aliphatic carbocycles. The largest absolute Gasteiger partial charge is 0.377 e. The number of carbonyl (C=O) groups excluding carboxylic acids is 1. The predicted molar refractivity (Wildman–Crippen MR) is 93.7 cm³/mol. The highest BCUT2D eigenvalue weighted by Gasteiger charge is 2.30. The molecule has 3 aromatic rings. The lowest BCUT2D eigenvalue weighted by molar-refractivity contribution is -0.00405. The number of aryl methyl sites for hydroxylation is 2. The Labute approximate surface area is 150 Å². The lowest BCUT2D eigenvalue weighted by atomic mass is 10.1. The Morgan fingerprint density at radius 2 is 2.15 bits per heavy atom. The first-order valence-corrected chi connectivity index (χ1v) is 8.67. The summed E-state index contributed by atoms with van der Waals surface area (Å²) in [7, 11) is 0. The lowest BCUT2D eigenvalue weighted by Gasteiger charge is -2.35. The van der Waals surface area contributed by atoms with E-state index < -0.39 is 0 Å². The molecular formula is C18H20N6O2. The third-order valence-corrected chi connectivity index (χ3v) is 4.70. The number of ether oxygens (including phenoxy) is 1. The molecule has 8 heteroatoms. The molecule has 3 aromatic heterocycles. The molecule has 1 aliphatic heterocycles. The summed E-state index contributed by atoms with van der Waals surface area (Å²) in [5, 5.41) is 4.22. The summed E-state index contributed by atoms with van der Waals surface area (Å²) in [6, 6.07) is 1.78. The van der Waals surface area contributed by atoms with E-state index in [1.54, 1.807) is 41.6 Å². The van der Waals surface area contributed by atoms with Gasteiger partial charge in [-0.2, -0.15) is 5.10 Å². The minimum atomic E-state index is -0.0529. The molecule has 1 fully saturated rings. The number of nitrogens with zero attached hydrogens (tertiary/aromatic N) is 6. The second kappa shape index (κ2) is 7.17. The van der Waals surface area contributed by atoms with Crippen LogP contribution in [0.4, 0.5) is 0 Å². The Hall–Kier alpha value is -2.87. The molecule has 1 unspecified atom stereocenters. The fourth-order valence-electron chi connectivity index (χ4n) is 3.28. The molecule has 0 aromatic carbocycles. The first-order valence-electron chi connectivity index (χ1n) is 8.67. The highest BCUT2D eigenvalue weighted by atomic mass is 16.5. The van der Waals surface area contributed by atoms with E-state index in [0.29, 0.717) is 31.0 Å². The topological polar surface area (TPSA) is 85.5 Å². The quantitative estimate of drug-likeness (QED) is 0.704. The molecule has 134 valence electrons. The summed E-state index contributed by atoms with van der Waals surface area (Å²) in [4.78, 5) is 28.0. The number of aromatic nitrogens is 5. The number of rotatable bonds is 4. The highest BCUT2D eigenvalue weighted by Crippen LogP contribution is 2.19. The van der Waals surface area contributed by atoms with Crippen molar-refractivity contribution in [3.63, 3.8) is 0 Å². The Balaban J connectivity index is 1.53. The minimum absolute atomic E-state index is 0.00341. The molecule has 26 heavy (non-hydrogen) atoms. The van der Waals surface area contributed by atoms with Crippen LogP contribution in [0.25, 0.3) is 5.65 Å². The van der Waals surface area contributed by atoms with Crippen LogP contribution in [0.15, 0.2) is 37.1 Å². The van der Waals surface area contributed by atoms with Gasteiger partial charge in [0, 0.05) is 31.3 Å². The molecule has 0 radical (unpaired) electrons. The third-order valence-electron chi connectivity index (χ3n) is 4.70. The highest BCUT2D eigenvalue weighted by molar-refractivity contribution is 5.99. The van der Waals surface area contributed by atoms with Crippen molar-refractivity contribution in [2.24, 2.45) is 0 Å². The van der Waals surface area contributed by atoms with Crippen LogP contribution in [0, 0.1) is 6.92 Å². The van der Waals surface area contributed by atoms with Crippen molar-refractivity contribution in [3.8, 4) is 0 Å². The van der Waals surface area contributed by atoms with Crippen LogP contribution in [-0.2, 0) is 11.2 Å². The van der Waals surface area contributed by atoms with E-state index in [-0.39, 0.29) is 11.9 Å². The molecule has 4 rings (SSSR count). The van der Waals surface area contributed by atoms with Crippen molar-refractivity contribution < 1.29 is 9.53 Å². The van der Waals surface area contributed by atoms with Crippen LogP contribution >= 0.6 is 0 Å². The zero-order valence-corrected chi connectivity index (χ0v) is 14.6. The Bertz CT molecular complexity index is 925. The molecule has 0 N–H and O–H groups in total. The third kappa shape index (κ3) is 3.15. The zero-order valence-electron chi connectivity index (χ0n) is 14.6. The van der Waals surface area contributed by atoms with Crippen LogP contribution in [0.5, 0.6) is 0 Å². The van der Waals surface area contributed by atoms with Crippen LogP contribution in [0.2, 0.25) is 0 Å². The Morgan fingerprint density at radius 1 is 1.27 bits per heavy atom. The van der Waals surface area contributed by atoms with Crippen molar-refractivity contribution in [2.75, 3.05) is 19.8 Å². The summed E-state index contributed by atoms with van der Waals surface area (Å²) < 4.78 is 7.24. The second-order valence-corrected chi connectivity index (χ2v) is 6.30. The summed E-state index contributed by atoms with van der Waals surface area (Å²) in [6.07, 6.45) is 9.96. The smallest absolute Gasteiger partial charge is 0.259 e. The fourth-order valence-corrected chi connectivity index (χ4v) is 3.28. The average molecular weight is 352 g/mol. The zero-order chi connectivity index (χ0) is 17.9. The summed E-state index contributed by atoms with van der Waals surface area (Å²) >= 11 is 0. The molecule has 1 amide bonds. The molecule has 0 saturated carbocycles. The van der Waals surface area contributed by atoms with E-state index in [1.165, 1.54) is 0 Å². The number of fused-ring (bicyclic) bond motifs is 1. The molecule has 0 spiro atoms. The molecule has 1 saturated heterocycles. The van der Waals surface area contributed by atoms with Gasteiger partial charge >= 0.3 is 0 Å². The SMILES string of the molecule is Cc1nccnc1CCC1COCCN1C(=O)c1cnn2cccnc12. The van der Waals surface area contributed by atoms with Crippen molar-refractivity contribution in [2.45, 2.75) is 25.8 Å². The van der Waals surface area contributed by atoms with Gasteiger partial charge in [-0.05, 0) is 25.8 Å². The normalized spacial score (nSPS) is 17.6. The van der Waals surface area contributed by atoms with Gasteiger partial charge in [-0.3, -0.25) is 14.8 Å². The van der Waals surface area contributed by atoms with Gasteiger partial charge in [0.2, 0.25) is 0 Å². The second-order valence-electron chi connectivity index (χ2n) is 6.30. The van der Waals surface area contributed by atoms with Gasteiger partial charge < -0.3 is 9.64 Å². The molecular weight excluding hydrogens is 332 g/mol. The lowest BCUT2D eigenvalue weighted by Crippen LogP contribution is -2.49. The van der Waals surface area contributed by atoms with E-state index in [4.69, 9.17) is 4.74 Å². The average Bonchev–Trinajstić information content (AvgIpc) is 3.11. The van der Waals surface area contributed by atoms with Gasteiger partial charge in [-0.25, -0.2) is 9.50 Å². The number of hydrogen-bond donors (Lipinski definition) is 0. The van der Waals surface area contributed by atoms with Crippen molar-refractivity contribution in [1.82, 2.24) is 29.5 Å². The van der Waals surface area contributed by atoms with Gasteiger partial charge in [-0.15, -0.1) is 0 Å². The van der Waals surface area contributed by atoms with Gasteiger partial charge in [0.15, 0.2) is 5.65 Å². The fraction of sp³-hybridized carbons (Fsp3) is 0.389. The first kappa shape index (κ1) is 16.6. The molecule has 1 atom stereocenters. The van der Waals surface area contributed by atoms with Crippen LogP contribution in [0.3, 0.4) is 0 Å². The molecule has 1 aliphatic rings. The van der Waals surface area contributed by atoms with E-state index >= 15 is 0 Å². The maximum Gasteiger partial charge on any atom is 0.259 e. The Kier molecular flexibility index (Phi) is 4.57. The van der Waals surface area contributed by atoms with E-state index in [1.807, 2.05) is 11.8 Å². The number of morpholine rings is 1. The van der Waals surface area contributed by atoms with Gasteiger partial charge in [-0.1, -0.05) is 0 Å². The van der Waals surface area contributed by atoms with Gasteiger partial charge in [0.1, 0.15) is 5.56 Å². The maximum absolute atomic E-state index is 13.1. The predicted octanol–water partition coefficient (Wildman–Crippen LogP) is 1.30. The van der Waals surface area contributed by atoms with Crippen molar-refractivity contribution in [1.29, 1.82) is 0 Å². The minimum Gasteiger partial charge on any atom is -0.377 e. The summed E-state index contributed by atoms with van der Waals surface area (Å²) in [5.41, 5.74) is 2.98. The van der Waals surface area contributed by atoms with Gasteiger partial charge in [0.05, 0.1) is 36.8 Å². The van der Waals surface area contributed by atoms with Crippen LogP contribution in [-0.4, -0.2) is 61.2 Å².